The van der Waals surface area contributed by atoms with Gasteiger partial charge in [0.15, 0.2) is 0 Å². The third-order valence-corrected chi connectivity index (χ3v) is 5.86. The molecule has 0 aliphatic heterocycles. The number of carboxylic acid groups (broad SMARTS) is 1. The van der Waals surface area contributed by atoms with Gasteiger partial charge in [0.1, 0.15) is 0 Å². The molecule has 10 heteroatoms. The first-order valence-corrected chi connectivity index (χ1v) is 11.2. The molecule has 0 aliphatic rings. The Kier molecular flexibility index (Phi) is 8.98. The number of likely N-dealkylation sites (N-methyl/N-ethyl adjacent to an activating group) is 1. The molecule has 0 bridgehead atoms. The largest absolute Gasteiger partial charge is 0.480 e. The molecule has 0 aromatic heterocycles. The van der Waals surface area contributed by atoms with Gasteiger partial charge in [-0.2, -0.15) is 26.3 Å². The number of alkyl halides is 6. The first-order valence-electron chi connectivity index (χ1n) is 11.2. The number of nitrogens with zero attached hydrogens (tertiary/aromatic N) is 1. The molecule has 0 fully saturated rings. The average Bonchev–Trinajstić information content (AvgIpc) is 2.83. The van der Waals surface area contributed by atoms with Crippen molar-refractivity contribution in [1.82, 2.24) is 4.90 Å². The Bertz CT molecular complexity index is 1090. The van der Waals surface area contributed by atoms with Gasteiger partial charge in [-0.15, -0.1) is 0 Å². The van der Waals surface area contributed by atoms with Crippen molar-refractivity contribution in [3.8, 4) is 0 Å². The van der Waals surface area contributed by atoms with Crippen molar-refractivity contribution in [3.63, 3.8) is 0 Å². The fourth-order valence-corrected chi connectivity index (χ4v) is 4.17. The van der Waals surface area contributed by atoms with Crippen molar-refractivity contribution in [2.45, 2.75) is 30.9 Å². The van der Waals surface area contributed by atoms with Crippen LogP contribution in [0.2, 0.25) is 0 Å². The Labute approximate surface area is 210 Å². The van der Waals surface area contributed by atoms with Crippen LogP contribution in [0.1, 0.15) is 33.7 Å². The van der Waals surface area contributed by atoms with E-state index in [2.05, 4.69) is 0 Å². The minimum Gasteiger partial charge on any atom is -0.480 e. The van der Waals surface area contributed by atoms with Crippen LogP contribution in [0.15, 0.2) is 78.9 Å². The topological polar surface area (TPSA) is 49.8 Å². The van der Waals surface area contributed by atoms with Gasteiger partial charge in [0, 0.05) is 12.0 Å². The van der Waals surface area contributed by atoms with Crippen LogP contribution in [0.5, 0.6) is 0 Å². The molecule has 3 rings (SSSR count). The molecule has 37 heavy (non-hydrogen) atoms. The van der Waals surface area contributed by atoms with E-state index in [-0.39, 0.29) is 30.7 Å². The fourth-order valence-electron chi connectivity index (χ4n) is 4.17. The zero-order valence-electron chi connectivity index (χ0n) is 19.8. The van der Waals surface area contributed by atoms with E-state index in [1.54, 1.807) is 11.9 Å². The highest BCUT2D eigenvalue weighted by Gasteiger charge is 2.37. The minimum atomic E-state index is -4.97. The van der Waals surface area contributed by atoms with Gasteiger partial charge >= 0.3 is 18.3 Å². The van der Waals surface area contributed by atoms with Crippen molar-refractivity contribution in [2.75, 3.05) is 20.2 Å². The molecule has 3 aromatic rings. The summed E-state index contributed by atoms with van der Waals surface area (Å²) in [5.41, 5.74) is -1.45. The van der Waals surface area contributed by atoms with Gasteiger partial charge in [-0.05, 0) is 41.9 Å². The number of aliphatic carboxylic acids is 1. The predicted molar refractivity (Wildman–Crippen MR) is 125 cm³/mol. The highest BCUT2D eigenvalue weighted by molar-refractivity contribution is 5.69. The number of hydrogen-bond acceptors (Lipinski definition) is 3. The van der Waals surface area contributed by atoms with Gasteiger partial charge in [-0.3, -0.25) is 9.69 Å². The molecule has 1 N–H and O–H groups in total. The van der Waals surface area contributed by atoms with Crippen LogP contribution < -0.4 is 0 Å². The van der Waals surface area contributed by atoms with Gasteiger partial charge in [0.25, 0.3) is 0 Å². The van der Waals surface area contributed by atoms with Crippen LogP contribution >= 0.6 is 0 Å². The fraction of sp³-hybridized carbons (Fsp3) is 0.296. The van der Waals surface area contributed by atoms with E-state index in [0.29, 0.717) is 12.1 Å². The Hall–Kier alpha value is -3.37. The minimum absolute atomic E-state index is 0.0633. The summed E-state index contributed by atoms with van der Waals surface area (Å²) in [5, 5.41) is 9.38. The van der Waals surface area contributed by atoms with Crippen molar-refractivity contribution in [2.24, 2.45) is 0 Å². The highest BCUT2D eigenvalue weighted by atomic mass is 19.4. The van der Waals surface area contributed by atoms with Crippen molar-refractivity contribution in [1.29, 1.82) is 0 Å². The third-order valence-electron chi connectivity index (χ3n) is 5.86. The van der Waals surface area contributed by atoms with Crippen LogP contribution in [0.4, 0.5) is 26.3 Å². The van der Waals surface area contributed by atoms with Crippen LogP contribution in [-0.2, 0) is 28.5 Å². The third kappa shape index (κ3) is 7.80. The molecule has 3 aromatic carbocycles. The van der Waals surface area contributed by atoms with E-state index in [9.17, 15) is 36.2 Å². The first kappa shape index (κ1) is 28.2. The summed E-state index contributed by atoms with van der Waals surface area (Å²) in [6.07, 6.45) is -9.93. The lowest BCUT2D eigenvalue weighted by Crippen LogP contribution is -2.43. The molecule has 0 saturated carbocycles. The Balaban J connectivity index is 1.93. The molecular formula is C27H25F6NO3. The van der Waals surface area contributed by atoms with Crippen molar-refractivity contribution >= 4 is 5.97 Å². The maximum Gasteiger partial charge on any atom is 0.416 e. The second kappa shape index (κ2) is 11.8. The molecule has 198 valence electrons. The summed E-state index contributed by atoms with van der Waals surface area (Å²) < 4.78 is 85.0. The van der Waals surface area contributed by atoms with E-state index >= 15 is 0 Å². The van der Waals surface area contributed by atoms with E-state index < -0.39 is 42.1 Å². The molecule has 4 nitrogen and oxygen atoms in total. The first-order chi connectivity index (χ1) is 17.4. The van der Waals surface area contributed by atoms with Gasteiger partial charge < -0.3 is 9.84 Å². The highest BCUT2D eigenvalue weighted by Crippen LogP contribution is 2.37. The van der Waals surface area contributed by atoms with Gasteiger partial charge in [-0.1, -0.05) is 60.7 Å². The molecule has 0 unspecified atom stereocenters. The summed E-state index contributed by atoms with van der Waals surface area (Å²) in [6.45, 7) is -1.04. The van der Waals surface area contributed by atoms with E-state index in [1.807, 2.05) is 60.7 Å². The van der Waals surface area contributed by atoms with E-state index in [1.165, 1.54) is 0 Å². The standard InChI is InChI=1S/C27H25F6NO3/c1-34(15-24(35)36)23(25(19-8-4-2-5-9-19)20-10-6-3-7-11-20)17-37-16-18-12-21(26(28,29)30)14-22(13-18)27(31,32)33/h2-14,23,25H,15-17H2,1H3,(H,35,36)/t23-/m1/s1. The molecular weight excluding hydrogens is 500 g/mol. The number of hydrogen-bond donors (Lipinski definition) is 1. The van der Waals surface area contributed by atoms with E-state index in [4.69, 9.17) is 4.74 Å². The maximum atomic E-state index is 13.2. The Morgan fingerprint density at radius 2 is 1.30 bits per heavy atom. The van der Waals surface area contributed by atoms with Crippen LogP contribution in [0.3, 0.4) is 0 Å². The SMILES string of the molecule is CN(CC(=O)O)[C@H](COCc1cc(C(F)(F)F)cc(C(F)(F)F)c1)C(c1ccccc1)c1ccccc1. The average molecular weight is 525 g/mol. The summed E-state index contributed by atoms with van der Waals surface area (Å²) in [5.74, 6) is -1.49. The van der Waals surface area contributed by atoms with Crippen LogP contribution in [0.25, 0.3) is 0 Å². The lowest BCUT2D eigenvalue weighted by molar-refractivity contribution is -0.143. The molecule has 0 radical (unpaired) electrons. The lowest BCUT2D eigenvalue weighted by atomic mass is 9.84. The molecule has 0 aliphatic carbocycles. The number of ether oxygens (including phenoxy) is 1. The normalized spacial score (nSPS) is 13.2. The summed E-state index contributed by atoms with van der Waals surface area (Å²) in [6, 6.07) is 19.1. The number of rotatable bonds is 10. The zero-order valence-corrected chi connectivity index (χ0v) is 19.8. The monoisotopic (exact) mass is 525 g/mol. The zero-order chi connectivity index (χ0) is 27.2. The summed E-state index contributed by atoms with van der Waals surface area (Å²) >= 11 is 0. The molecule has 0 saturated heterocycles. The molecule has 0 spiro atoms. The van der Waals surface area contributed by atoms with Crippen LogP contribution in [0, 0.1) is 0 Å². The number of benzene rings is 3. The van der Waals surface area contributed by atoms with Crippen molar-refractivity contribution < 1.29 is 41.0 Å². The van der Waals surface area contributed by atoms with Crippen molar-refractivity contribution in [3.05, 3.63) is 107 Å². The van der Waals surface area contributed by atoms with Gasteiger partial charge in [0.2, 0.25) is 0 Å². The van der Waals surface area contributed by atoms with Gasteiger partial charge in [-0.25, -0.2) is 0 Å². The number of carbonyl (C=O) groups is 1. The Morgan fingerprint density at radius 1 is 0.838 bits per heavy atom. The number of carboxylic acids is 1. The second-order valence-corrected chi connectivity index (χ2v) is 8.60. The molecule has 1 atom stereocenters. The Morgan fingerprint density at radius 3 is 1.70 bits per heavy atom. The second-order valence-electron chi connectivity index (χ2n) is 8.60. The molecule has 0 amide bonds. The predicted octanol–water partition coefficient (Wildman–Crippen LogP) is 6.46. The van der Waals surface area contributed by atoms with E-state index in [0.717, 1.165) is 11.1 Å². The number of halogens is 6. The summed E-state index contributed by atoms with van der Waals surface area (Å²) in [4.78, 5) is 13.0. The summed E-state index contributed by atoms with van der Waals surface area (Å²) in [7, 11) is 1.58. The lowest BCUT2D eigenvalue weighted by Gasteiger charge is -2.34. The molecule has 0 heterocycles. The van der Waals surface area contributed by atoms with Crippen LogP contribution in [-0.4, -0.2) is 42.2 Å². The maximum absolute atomic E-state index is 13.2. The van der Waals surface area contributed by atoms with Gasteiger partial charge in [0.05, 0.1) is 30.9 Å². The quantitative estimate of drug-likeness (QED) is 0.309. The smallest absolute Gasteiger partial charge is 0.416 e.